The lowest BCUT2D eigenvalue weighted by molar-refractivity contribution is -0.132. The third-order valence-corrected chi connectivity index (χ3v) is 3.29. The molecule has 2 rings (SSSR count). The molecule has 0 aliphatic carbocycles. The molecule has 7 heteroatoms. The van der Waals surface area contributed by atoms with E-state index in [1.807, 2.05) is 0 Å². The maximum absolute atomic E-state index is 12.0. The van der Waals surface area contributed by atoms with Crippen LogP contribution in [0.2, 0.25) is 0 Å². The highest BCUT2D eigenvalue weighted by Gasteiger charge is 2.22. The van der Waals surface area contributed by atoms with Gasteiger partial charge in [-0.1, -0.05) is 6.07 Å². The standard InChI is InChI=1S/C16H20N2O5/c1-11(19)23-13-5-2-4-12(10-13)15(20)17-7-8-18-16(21)14-6-3-9-22-14/h2,4-5,10,14H,3,6-9H2,1H3,(H,17,20)(H,18,21). The average molecular weight is 320 g/mol. The van der Waals surface area contributed by atoms with Crippen LogP contribution in [0.15, 0.2) is 24.3 Å². The Bertz CT molecular complexity index is 582. The number of amides is 2. The van der Waals surface area contributed by atoms with Crippen LogP contribution >= 0.6 is 0 Å². The first-order chi connectivity index (χ1) is 11.1. The molecule has 23 heavy (non-hydrogen) atoms. The zero-order valence-corrected chi connectivity index (χ0v) is 13.0. The average Bonchev–Trinajstić information content (AvgIpc) is 3.05. The Morgan fingerprint density at radius 3 is 2.74 bits per heavy atom. The number of ether oxygens (including phenoxy) is 2. The number of carbonyl (C=O) groups is 3. The van der Waals surface area contributed by atoms with Crippen molar-refractivity contribution < 1.29 is 23.9 Å². The van der Waals surface area contributed by atoms with Crippen molar-refractivity contribution in [3.8, 4) is 5.75 Å². The summed E-state index contributed by atoms with van der Waals surface area (Å²) in [5.41, 5.74) is 0.384. The second-order valence-corrected chi connectivity index (χ2v) is 5.17. The van der Waals surface area contributed by atoms with E-state index in [4.69, 9.17) is 9.47 Å². The fourth-order valence-corrected chi connectivity index (χ4v) is 2.23. The molecule has 1 aliphatic rings. The first kappa shape index (κ1) is 17.0. The van der Waals surface area contributed by atoms with Crippen LogP contribution in [0, 0.1) is 0 Å². The first-order valence-corrected chi connectivity index (χ1v) is 7.52. The molecule has 1 aromatic rings. The fourth-order valence-electron chi connectivity index (χ4n) is 2.23. The van der Waals surface area contributed by atoms with Gasteiger partial charge in [-0.05, 0) is 31.0 Å². The second-order valence-electron chi connectivity index (χ2n) is 5.17. The van der Waals surface area contributed by atoms with Gasteiger partial charge >= 0.3 is 5.97 Å². The van der Waals surface area contributed by atoms with E-state index in [1.165, 1.54) is 13.0 Å². The molecule has 1 atom stereocenters. The van der Waals surface area contributed by atoms with Crippen LogP contribution in [0.3, 0.4) is 0 Å². The molecule has 0 saturated carbocycles. The number of hydrogen-bond acceptors (Lipinski definition) is 5. The third-order valence-electron chi connectivity index (χ3n) is 3.29. The highest BCUT2D eigenvalue weighted by molar-refractivity contribution is 5.94. The largest absolute Gasteiger partial charge is 0.427 e. The SMILES string of the molecule is CC(=O)Oc1cccc(C(=O)NCCNC(=O)C2CCCO2)c1. The maximum atomic E-state index is 12.0. The van der Waals surface area contributed by atoms with Crippen LogP contribution in [-0.4, -0.2) is 43.6 Å². The number of rotatable bonds is 6. The Balaban J connectivity index is 1.74. The van der Waals surface area contributed by atoms with E-state index in [0.29, 0.717) is 31.0 Å². The van der Waals surface area contributed by atoms with Gasteiger partial charge in [0, 0.05) is 32.2 Å². The van der Waals surface area contributed by atoms with Crippen LogP contribution in [-0.2, 0) is 14.3 Å². The molecule has 0 radical (unpaired) electrons. The molecule has 1 aliphatic heterocycles. The molecule has 1 heterocycles. The van der Waals surface area contributed by atoms with Crippen molar-refractivity contribution in [3.63, 3.8) is 0 Å². The Kier molecular flexibility index (Phi) is 6.10. The molecule has 2 amide bonds. The number of carbonyl (C=O) groups excluding carboxylic acids is 3. The van der Waals surface area contributed by atoms with Crippen LogP contribution in [0.1, 0.15) is 30.1 Å². The van der Waals surface area contributed by atoms with Crippen LogP contribution in [0.4, 0.5) is 0 Å². The van der Waals surface area contributed by atoms with Crippen molar-refractivity contribution >= 4 is 17.8 Å². The summed E-state index contributed by atoms with van der Waals surface area (Å²) in [4.78, 5) is 34.6. The molecular weight excluding hydrogens is 300 g/mol. The van der Waals surface area contributed by atoms with E-state index in [2.05, 4.69) is 10.6 Å². The van der Waals surface area contributed by atoms with Crippen molar-refractivity contribution in [3.05, 3.63) is 29.8 Å². The Morgan fingerprint density at radius 1 is 1.26 bits per heavy atom. The number of nitrogens with one attached hydrogen (secondary N) is 2. The van der Waals surface area contributed by atoms with Crippen LogP contribution in [0.25, 0.3) is 0 Å². The molecule has 7 nitrogen and oxygen atoms in total. The Morgan fingerprint density at radius 2 is 2.04 bits per heavy atom. The predicted molar refractivity (Wildman–Crippen MR) is 82.1 cm³/mol. The minimum absolute atomic E-state index is 0.145. The van der Waals surface area contributed by atoms with Crippen LogP contribution < -0.4 is 15.4 Å². The quantitative estimate of drug-likeness (QED) is 0.456. The molecule has 2 N–H and O–H groups in total. The lowest BCUT2D eigenvalue weighted by atomic mass is 10.2. The lowest BCUT2D eigenvalue weighted by Crippen LogP contribution is -2.39. The topological polar surface area (TPSA) is 93.7 Å². The molecule has 0 spiro atoms. The van der Waals surface area contributed by atoms with Crippen molar-refractivity contribution in [2.75, 3.05) is 19.7 Å². The third kappa shape index (κ3) is 5.37. The van der Waals surface area contributed by atoms with E-state index in [0.717, 1.165) is 12.8 Å². The lowest BCUT2D eigenvalue weighted by Gasteiger charge is -2.11. The van der Waals surface area contributed by atoms with Crippen molar-refractivity contribution in [1.82, 2.24) is 10.6 Å². The number of esters is 1. The van der Waals surface area contributed by atoms with E-state index in [1.54, 1.807) is 18.2 Å². The molecule has 1 unspecified atom stereocenters. The second kappa shape index (κ2) is 8.28. The summed E-state index contributed by atoms with van der Waals surface area (Å²) in [7, 11) is 0. The van der Waals surface area contributed by atoms with Gasteiger partial charge in [0.1, 0.15) is 11.9 Å². The highest BCUT2D eigenvalue weighted by Crippen LogP contribution is 2.13. The van der Waals surface area contributed by atoms with E-state index >= 15 is 0 Å². The number of benzene rings is 1. The van der Waals surface area contributed by atoms with Gasteiger partial charge in [0.2, 0.25) is 5.91 Å². The van der Waals surface area contributed by atoms with Gasteiger partial charge in [0.25, 0.3) is 5.91 Å². The smallest absolute Gasteiger partial charge is 0.308 e. The van der Waals surface area contributed by atoms with E-state index < -0.39 is 5.97 Å². The van der Waals surface area contributed by atoms with Gasteiger partial charge in [-0.15, -0.1) is 0 Å². The van der Waals surface area contributed by atoms with Crippen molar-refractivity contribution in [2.24, 2.45) is 0 Å². The summed E-state index contributed by atoms with van der Waals surface area (Å²) in [5, 5.41) is 5.41. The van der Waals surface area contributed by atoms with Gasteiger partial charge < -0.3 is 20.1 Å². The monoisotopic (exact) mass is 320 g/mol. The Labute approximate surface area is 134 Å². The fraction of sp³-hybridized carbons (Fsp3) is 0.438. The molecular formula is C16H20N2O5. The van der Waals surface area contributed by atoms with Crippen LogP contribution in [0.5, 0.6) is 5.75 Å². The molecule has 124 valence electrons. The number of hydrogen-bond donors (Lipinski definition) is 2. The summed E-state index contributed by atoms with van der Waals surface area (Å²) in [5.74, 6) is -0.574. The molecule has 1 fully saturated rings. The zero-order valence-electron chi connectivity index (χ0n) is 13.0. The van der Waals surface area contributed by atoms with Gasteiger partial charge in [-0.25, -0.2) is 0 Å². The normalized spacial score (nSPS) is 16.7. The molecule has 1 aromatic carbocycles. The van der Waals surface area contributed by atoms with Gasteiger partial charge in [-0.2, -0.15) is 0 Å². The maximum Gasteiger partial charge on any atom is 0.308 e. The van der Waals surface area contributed by atoms with Gasteiger partial charge in [0.15, 0.2) is 0 Å². The predicted octanol–water partition coefficient (Wildman–Crippen LogP) is 0.637. The summed E-state index contributed by atoms with van der Waals surface area (Å²) >= 11 is 0. The summed E-state index contributed by atoms with van der Waals surface area (Å²) < 4.78 is 10.2. The van der Waals surface area contributed by atoms with Gasteiger partial charge in [-0.3, -0.25) is 14.4 Å². The zero-order chi connectivity index (χ0) is 16.7. The minimum atomic E-state index is -0.445. The van der Waals surface area contributed by atoms with E-state index in [-0.39, 0.29) is 17.9 Å². The molecule has 1 saturated heterocycles. The molecule has 0 aromatic heterocycles. The summed E-state index contributed by atoms with van der Waals surface area (Å²) in [6.45, 7) is 2.54. The summed E-state index contributed by atoms with van der Waals surface area (Å²) in [6, 6.07) is 6.33. The summed E-state index contributed by atoms with van der Waals surface area (Å²) in [6.07, 6.45) is 1.26. The van der Waals surface area contributed by atoms with Gasteiger partial charge in [0.05, 0.1) is 0 Å². The Hall–Kier alpha value is -2.41. The minimum Gasteiger partial charge on any atom is -0.427 e. The molecule has 0 bridgehead atoms. The van der Waals surface area contributed by atoms with Crippen molar-refractivity contribution in [1.29, 1.82) is 0 Å². The van der Waals surface area contributed by atoms with E-state index in [9.17, 15) is 14.4 Å². The highest BCUT2D eigenvalue weighted by atomic mass is 16.5. The first-order valence-electron chi connectivity index (χ1n) is 7.52. The van der Waals surface area contributed by atoms with Crippen molar-refractivity contribution in [2.45, 2.75) is 25.9 Å².